The van der Waals surface area contributed by atoms with Crippen molar-refractivity contribution in [1.29, 1.82) is 0 Å². The van der Waals surface area contributed by atoms with E-state index in [9.17, 15) is 4.79 Å². The van der Waals surface area contributed by atoms with Crippen LogP contribution in [0.3, 0.4) is 0 Å². The zero-order valence-electron chi connectivity index (χ0n) is 9.50. The summed E-state index contributed by atoms with van der Waals surface area (Å²) in [6.07, 6.45) is 1.48. The Morgan fingerprint density at radius 3 is 3.06 bits per heavy atom. The standard InChI is InChI=1S/C12H13BrN2OS/c1-2-8-3-4-9-10(7-8)17-12(14-9)15-11(16)5-6-13/h3-4,7H,2,5-6H2,1H3,(H,14,15,16). The molecule has 0 saturated carbocycles. The predicted molar refractivity (Wildman–Crippen MR) is 76.0 cm³/mol. The highest BCUT2D eigenvalue weighted by Crippen LogP contribution is 2.27. The molecule has 0 bridgehead atoms. The zero-order chi connectivity index (χ0) is 12.3. The van der Waals surface area contributed by atoms with E-state index in [0.29, 0.717) is 16.9 Å². The third-order valence-corrected chi connectivity index (χ3v) is 3.76. The van der Waals surface area contributed by atoms with Gasteiger partial charge in [-0.15, -0.1) is 0 Å². The number of aryl methyl sites for hydroxylation is 1. The largest absolute Gasteiger partial charge is 0.302 e. The molecule has 0 fully saturated rings. The van der Waals surface area contributed by atoms with Gasteiger partial charge in [0.15, 0.2) is 5.13 Å². The molecule has 0 saturated heterocycles. The first-order valence-corrected chi connectivity index (χ1v) is 7.42. The van der Waals surface area contributed by atoms with E-state index in [2.05, 4.69) is 45.3 Å². The van der Waals surface area contributed by atoms with Crippen LogP contribution in [-0.2, 0) is 11.2 Å². The van der Waals surface area contributed by atoms with Crippen LogP contribution in [0.5, 0.6) is 0 Å². The average molecular weight is 313 g/mol. The summed E-state index contributed by atoms with van der Waals surface area (Å²) in [5, 5.41) is 4.16. The smallest absolute Gasteiger partial charge is 0.226 e. The molecule has 0 aliphatic heterocycles. The van der Waals surface area contributed by atoms with Gasteiger partial charge in [-0.3, -0.25) is 4.79 Å². The molecule has 2 aromatic rings. The second-order valence-electron chi connectivity index (χ2n) is 3.66. The van der Waals surface area contributed by atoms with Crippen molar-refractivity contribution in [2.45, 2.75) is 19.8 Å². The first-order chi connectivity index (χ1) is 8.22. The Labute approximate surface area is 112 Å². The molecule has 1 N–H and O–H groups in total. The van der Waals surface area contributed by atoms with Crippen molar-refractivity contribution in [3.8, 4) is 0 Å². The van der Waals surface area contributed by atoms with E-state index < -0.39 is 0 Å². The minimum absolute atomic E-state index is 0.00311. The molecule has 0 atom stereocenters. The number of benzene rings is 1. The molecule has 17 heavy (non-hydrogen) atoms. The van der Waals surface area contributed by atoms with E-state index in [-0.39, 0.29) is 5.91 Å². The van der Waals surface area contributed by atoms with E-state index in [1.54, 1.807) is 0 Å². The molecule has 5 heteroatoms. The number of rotatable bonds is 4. The molecule has 1 aromatic carbocycles. The van der Waals surface area contributed by atoms with Gasteiger partial charge in [0.2, 0.25) is 5.91 Å². The number of thiazole rings is 1. The van der Waals surface area contributed by atoms with Crippen LogP contribution in [-0.4, -0.2) is 16.2 Å². The van der Waals surface area contributed by atoms with E-state index in [4.69, 9.17) is 0 Å². The van der Waals surface area contributed by atoms with Crippen LogP contribution in [0.1, 0.15) is 18.9 Å². The summed E-state index contributed by atoms with van der Waals surface area (Å²) in [7, 11) is 0. The lowest BCUT2D eigenvalue weighted by Gasteiger charge is -1.96. The molecular weight excluding hydrogens is 300 g/mol. The van der Waals surface area contributed by atoms with Gasteiger partial charge < -0.3 is 5.32 Å². The van der Waals surface area contributed by atoms with Crippen molar-refractivity contribution in [1.82, 2.24) is 4.98 Å². The molecule has 0 radical (unpaired) electrons. The second-order valence-corrected chi connectivity index (χ2v) is 5.49. The van der Waals surface area contributed by atoms with Gasteiger partial charge in [-0.2, -0.15) is 0 Å². The fraction of sp³-hybridized carbons (Fsp3) is 0.333. The van der Waals surface area contributed by atoms with Crippen LogP contribution in [0, 0.1) is 0 Å². The summed E-state index contributed by atoms with van der Waals surface area (Å²) in [4.78, 5) is 15.8. The molecule has 0 aliphatic rings. The van der Waals surface area contributed by atoms with Crippen LogP contribution in [0.4, 0.5) is 5.13 Å². The van der Waals surface area contributed by atoms with Crippen LogP contribution < -0.4 is 5.32 Å². The van der Waals surface area contributed by atoms with Crippen LogP contribution >= 0.6 is 27.3 Å². The van der Waals surface area contributed by atoms with Gasteiger partial charge in [0.05, 0.1) is 10.2 Å². The molecule has 90 valence electrons. The SMILES string of the molecule is CCc1ccc2nc(NC(=O)CCBr)sc2c1. The maximum Gasteiger partial charge on any atom is 0.226 e. The Balaban J connectivity index is 2.22. The summed E-state index contributed by atoms with van der Waals surface area (Å²) >= 11 is 4.76. The van der Waals surface area contributed by atoms with Crippen molar-refractivity contribution in [2.75, 3.05) is 10.6 Å². The number of nitrogens with one attached hydrogen (secondary N) is 1. The van der Waals surface area contributed by atoms with Crippen molar-refractivity contribution < 1.29 is 4.79 Å². The lowest BCUT2D eigenvalue weighted by molar-refractivity contribution is -0.115. The summed E-state index contributed by atoms with van der Waals surface area (Å²) < 4.78 is 1.12. The number of alkyl halides is 1. The maximum absolute atomic E-state index is 11.4. The maximum atomic E-state index is 11.4. The molecule has 0 spiro atoms. The molecule has 2 rings (SSSR count). The quantitative estimate of drug-likeness (QED) is 0.877. The monoisotopic (exact) mass is 312 g/mol. The highest BCUT2D eigenvalue weighted by atomic mass is 79.9. The van der Waals surface area contributed by atoms with Gasteiger partial charge in [0.1, 0.15) is 0 Å². The predicted octanol–water partition coefficient (Wildman–Crippen LogP) is 3.58. The second kappa shape index (κ2) is 5.60. The van der Waals surface area contributed by atoms with E-state index in [0.717, 1.165) is 16.6 Å². The highest BCUT2D eigenvalue weighted by molar-refractivity contribution is 9.09. The third kappa shape index (κ3) is 3.04. The van der Waals surface area contributed by atoms with Crippen LogP contribution in [0.15, 0.2) is 18.2 Å². The van der Waals surface area contributed by atoms with Crippen LogP contribution in [0.25, 0.3) is 10.2 Å². The summed E-state index contributed by atoms with van der Waals surface area (Å²) in [5.41, 5.74) is 2.24. The number of nitrogens with zero attached hydrogens (tertiary/aromatic N) is 1. The zero-order valence-corrected chi connectivity index (χ0v) is 11.9. The lowest BCUT2D eigenvalue weighted by atomic mass is 10.2. The first kappa shape index (κ1) is 12.5. The molecular formula is C12H13BrN2OS. The topological polar surface area (TPSA) is 42.0 Å². The van der Waals surface area contributed by atoms with Crippen molar-refractivity contribution in [3.63, 3.8) is 0 Å². The van der Waals surface area contributed by atoms with E-state index >= 15 is 0 Å². The molecule has 1 amide bonds. The van der Waals surface area contributed by atoms with Gasteiger partial charge in [-0.1, -0.05) is 40.3 Å². The minimum Gasteiger partial charge on any atom is -0.302 e. The van der Waals surface area contributed by atoms with Gasteiger partial charge >= 0.3 is 0 Å². The Morgan fingerprint density at radius 2 is 2.35 bits per heavy atom. The summed E-state index contributed by atoms with van der Waals surface area (Å²) in [6.45, 7) is 2.13. The fourth-order valence-corrected chi connectivity index (χ4v) is 2.82. The Morgan fingerprint density at radius 1 is 1.53 bits per heavy atom. The number of halogens is 1. The number of carbonyl (C=O) groups is 1. The van der Waals surface area contributed by atoms with E-state index in [1.807, 2.05) is 6.07 Å². The van der Waals surface area contributed by atoms with Crippen molar-refractivity contribution in [2.24, 2.45) is 0 Å². The summed E-state index contributed by atoms with van der Waals surface area (Å²) in [6, 6.07) is 6.21. The number of anilines is 1. The van der Waals surface area contributed by atoms with Gasteiger partial charge in [0.25, 0.3) is 0 Å². The van der Waals surface area contributed by atoms with Crippen LogP contribution in [0.2, 0.25) is 0 Å². The molecule has 0 unspecified atom stereocenters. The minimum atomic E-state index is -0.00311. The number of amides is 1. The first-order valence-electron chi connectivity index (χ1n) is 5.48. The van der Waals surface area contributed by atoms with Gasteiger partial charge in [0, 0.05) is 11.8 Å². The fourth-order valence-electron chi connectivity index (χ4n) is 1.51. The molecule has 3 nitrogen and oxygen atoms in total. The Kier molecular flexibility index (Phi) is 4.12. The number of aromatic nitrogens is 1. The normalized spacial score (nSPS) is 10.7. The number of hydrogen-bond acceptors (Lipinski definition) is 3. The Hall–Kier alpha value is -0.940. The Bertz CT molecular complexity index is 538. The molecule has 1 aromatic heterocycles. The van der Waals surface area contributed by atoms with Gasteiger partial charge in [-0.25, -0.2) is 4.98 Å². The molecule has 1 heterocycles. The number of fused-ring (bicyclic) bond motifs is 1. The van der Waals surface area contributed by atoms with Crippen molar-refractivity contribution >= 4 is 48.5 Å². The third-order valence-electron chi connectivity index (χ3n) is 2.43. The van der Waals surface area contributed by atoms with Gasteiger partial charge in [-0.05, 0) is 24.1 Å². The summed E-state index contributed by atoms with van der Waals surface area (Å²) in [5.74, 6) is -0.00311. The van der Waals surface area contributed by atoms with Crippen molar-refractivity contribution in [3.05, 3.63) is 23.8 Å². The number of carbonyl (C=O) groups excluding carboxylic acids is 1. The highest BCUT2D eigenvalue weighted by Gasteiger charge is 2.07. The average Bonchev–Trinajstić information content (AvgIpc) is 2.69. The lowest BCUT2D eigenvalue weighted by Crippen LogP contribution is -2.11. The van der Waals surface area contributed by atoms with E-state index in [1.165, 1.54) is 16.9 Å². The number of hydrogen-bond donors (Lipinski definition) is 1. The molecule has 0 aliphatic carbocycles.